The summed E-state index contributed by atoms with van der Waals surface area (Å²) in [6.45, 7) is 7.32. The fourth-order valence-corrected chi connectivity index (χ4v) is 3.84. The Morgan fingerprint density at radius 3 is 2.65 bits per heavy atom. The van der Waals surface area contributed by atoms with Crippen LogP contribution in [0.1, 0.15) is 37.2 Å². The number of pyridine rings is 1. The van der Waals surface area contributed by atoms with Gasteiger partial charge >= 0.3 is 0 Å². The average molecular weight is 377 g/mol. The number of aliphatic imine (C=N–C) groups is 1. The Hall–Kier alpha value is -2.61. The number of halogens is 1. The van der Waals surface area contributed by atoms with Gasteiger partial charge in [-0.3, -0.25) is 19.6 Å². The van der Waals surface area contributed by atoms with Crippen molar-refractivity contribution in [1.29, 1.82) is 5.41 Å². The van der Waals surface area contributed by atoms with Gasteiger partial charge in [-0.1, -0.05) is 25.4 Å². The maximum atomic E-state index is 13.2. The minimum Gasteiger partial charge on any atom is -0.375 e. The standard InChI is InChI=1S/C17H21ClN6O2/c1-16(2)5-6-17(16)23-14(25)13-9(18)7-10(15(26)24(13)17)22-12(21-4)8-11(19)20-3/h7-8,19,21-22H,3,5-6H2,1-2,4H3,(H,23,25). The summed E-state index contributed by atoms with van der Waals surface area (Å²) in [6, 6.07) is 1.43. The number of hydrogen-bond acceptors (Lipinski definition) is 5. The molecule has 2 aliphatic rings. The molecule has 1 atom stereocenters. The molecule has 1 aliphatic heterocycles. The highest BCUT2D eigenvalue weighted by Crippen LogP contribution is 2.55. The third-order valence-corrected chi connectivity index (χ3v) is 5.58. The lowest BCUT2D eigenvalue weighted by Crippen LogP contribution is -2.63. The van der Waals surface area contributed by atoms with Crippen LogP contribution in [-0.4, -0.2) is 30.1 Å². The number of carbonyl (C=O) groups excluding carboxylic acids is 1. The van der Waals surface area contributed by atoms with Crippen molar-refractivity contribution >= 4 is 35.7 Å². The van der Waals surface area contributed by atoms with Crippen LogP contribution >= 0.6 is 11.6 Å². The van der Waals surface area contributed by atoms with Crippen LogP contribution in [0.2, 0.25) is 5.02 Å². The molecule has 8 nitrogen and oxygen atoms in total. The van der Waals surface area contributed by atoms with E-state index in [0.29, 0.717) is 12.2 Å². The first-order chi connectivity index (χ1) is 12.2. The predicted molar refractivity (Wildman–Crippen MR) is 102 cm³/mol. The Balaban J connectivity index is 2.14. The number of nitrogens with zero attached hydrogens (tertiary/aromatic N) is 2. The van der Waals surface area contributed by atoms with E-state index in [9.17, 15) is 9.59 Å². The van der Waals surface area contributed by atoms with Gasteiger partial charge in [0, 0.05) is 18.5 Å². The topological polar surface area (TPSA) is 111 Å². The van der Waals surface area contributed by atoms with Crippen molar-refractivity contribution in [2.24, 2.45) is 10.4 Å². The molecule has 0 radical (unpaired) electrons. The summed E-state index contributed by atoms with van der Waals surface area (Å²) in [5.74, 6) is -0.0218. The third-order valence-electron chi connectivity index (χ3n) is 5.29. The molecule has 1 amide bonds. The van der Waals surface area contributed by atoms with E-state index < -0.39 is 5.66 Å². The van der Waals surface area contributed by atoms with Crippen molar-refractivity contribution in [1.82, 2.24) is 15.2 Å². The summed E-state index contributed by atoms with van der Waals surface area (Å²) in [5.41, 5.74) is -0.998. The SMILES string of the molecule is C=NC(=N)C=C(NC)Nc1cc(Cl)c2n(c1=O)C1(CCC1(C)C)NC2=O. The third kappa shape index (κ3) is 2.44. The molecule has 2 heterocycles. The van der Waals surface area contributed by atoms with Crippen molar-refractivity contribution in [2.45, 2.75) is 32.4 Å². The molecule has 1 aromatic rings. The fourth-order valence-electron chi connectivity index (χ4n) is 3.56. The first-order valence-electron chi connectivity index (χ1n) is 8.17. The molecule has 1 saturated carbocycles. The van der Waals surface area contributed by atoms with Gasteiger partial charge in [-0.15, -0.1) is 0 Å². The summed E-state index contributed by atoms with van der Waals surface area (Å²) < 4.78 is 1.48. The molecule has 1 unspecified atom stereocenters. The van der Waals surface area contributed by atoms with Crippen LogP contribution in [0.15, 0.2) is 27.8 Å². The van der Waals surface area contributed by atoms with Crippen molar-refractivity contribution in [2.75, 3.05) is 12.4 Å². The number of nitrogens with one attached hydrogen (secondary N) is 4. The first kappa shape index (κ1) is 18.2. The van der Waals surface area contributed by atoms with Crippen LogP contribution in [0, 0.1) is 10.8 Å². The lowest BCUT2D eigenvalue weighted by Gasteiger charge is -2.54. The Morgan fingerprint density at radius 2 is 2.15 bits per heavy atom. The van der Waals surface area contributed by atoms with E-state index in [-0.39, 0.29) is 39.1 Å². The monoisotopic (exact) mass is 376 g/mol. The zero-order valence-electron chi connectivity index (χ0n) is 14.9. The second-order valence-electron chi connectivity index (χ2n) is 7.07. The Bertz CT molecular complexity index is 917. The van der Waals surface area contributed by atoms with E-state index in [1.807, 2.05) is 13.8 Å². The Kier molecular flexibility index (Phi) is 4.18. The lowest BCUT2D eigenvalue weighted by molar-refractivity contribution is -0.0501. The molecule has 26 heavy (non-hydrogen) atoms. The fraction of sp³-hybridized carbons (Fsp3) is 0.412. The smallest absolute Gasteiger partial charge is 0.276 e. The number of fused-ring (bicyclic) bond motifs is 2. The van der Waals surface area contributed by atoms with Crippen molar-refractivity contribution in [3.8, 4) is 0 Å². The molecule has 0 aromatic carbocycles. The zero-order valence-corrected chi connectivity index (χ0v) is 15.6. The van der Waals surface area contributed by atoms with Crippen LogP contribution in [0.5, 0.6) is 0 Å². The number of anilines is 1. The molecule has 1 aromatic heterocycles. The van der Waals surface area contributed by atoms with Gasteiger partial charge in [-0.05, 0) is 25.6 Å². The van der Waals surface area contributed by atoms with Crippen molar-refractivity contribution in [3.63, 3.8) is 0 Å². The maximum absolute atomic E-state index is 13.2. The summed E-state index contributed by atoms with van der Waals surface area (Å²) in [5, 5.41) is 16.5. The highest BCUT2D eigenvalue weighted by Gasteiger charge is 2.60. The van der Waals surface area contributed by atoms with Gasteiger partial charge in [-0.2, -0.15) is 0 Å². The molecule has 0 saturated heterocycles. The molecule has 1 spiro atoms. The van der Waals surface area contributed by atoms with E-state index in [1.165, 1.54) is 16.7 Å². The molecule has 4 N–H and O–H groups in total. The van der Waals surface area contributed by atoms with Crippen LogP contribution in [0.3, 0.4) is 0 Å². The van der Waals surface area contributed by atoms with Gasteiger partial charge < -0.3 is 16.0 Å². The number of aromatic nitrogens is 1. The zero-order chi connectivity index (χ0) is 19.3. The first-order valence-corrected chi connectivity index (χ1v) is 8.55. The van der Waals surface area contributed by atoms with E-state index >= 15 is 0 Å². The summed E-state index contributed by atoms with van der Waals surface area (Å²) in [7, 11) is 1.64. The van der Waals surface area contributed by atoms with E-state index in [1.54, 1.807) is 7.05 Å². The number of amidine groups is 1. The lowest BCUT2D eigenvalue weighted by atomic mass is 9.62. The summed E-state index contributed by atoms with van der Waals surface area (Å²) >= 11 is 6.33. The largest absolute Gasteiger partial charge is 0.375 e. The molecular formula is C17H21ClN6O2. The molecule has 0 bridgehead atoms. The summed E-state index contributed by atoms with van der Waals surface area (Å²) in [4.78, 5) is 29.1. The number of amides is 1. The molecule has 9 heteroatoms. The quantitative estimate of drug-likeness (QED) is 0.474. The van der Waals surface area contributed by atoms with Gasteiger partial charge in [0.15, 0.2) is 0 Å². The minimum absolute atomic E-state index is 0.0670. The van der Waals surface area contributed by atoms with Crippen molar-refractivity contribution < 1.29 is 4.79 Å². The number of carbonyl (C=O) groups is 1. The summed E-state index contributed by atoms with van der Waals surface area (Å²) in [6.07, 6.45) is 2.95. The molecule has 1 aliphatic carbocycles. The van der Waals surface area contributed by atoms with E-state index in [0.717, 1.165) is 6.42 Å². The van der Waals surface area contributed by atoms with Gasteiger partial charge in [0.1, 0.15) is 28.7 Å². The van der Waals surface area contributed by atoms with E-state index in [2.05, 4.69) is 27.7 Å². The second kappa shape index (κ2) is 5.98. The predicted octanol–water partition coefficient (Wildman–Crippen LogP) is 1.87. The van der Waals surface area contributed by atoms with Crippen molar-refractivity contribution in [3.05, 3.63) is 39.0 Å². The number of hydrogen-bond donors (Lipinski definition) is 4. The van der Waals surface area contributed by atoms with Gasteiger partial charge in [-0.25, -0.2) is 4.99 Å². The molecule has 1 fully saturated rings. The molecule has 3 rings (SSSR count). The van der Waals surface area contributed by atoms with Gasteiger partial charge in [0.25, 0.3) is 11.5 Å². The van der Waals surface area contributed by atoms with Crippen LogP contribution < -0.4 is 21.5 Å². The number of rotatable bonds is 4. The highest BCUT2D eigenvalue weighted by atomic mass is 35.5. The average Bonchev–Trinajstić information content (AvgIpc) is 2.93. The highest BCUT2D eigenvalue weighted by molar-refractivity contribution is 6.34. The molecule has 138 valence electrons. The minimum atomic E-state index is -0.767. The van der Waals surface area contributed by atoms with Crippen LogP contribution in [0.25, 0.3) is 0 Å². The van der Waals surface area contributed by atoms with Gasteiger partial charge in [0.05, 0.1) is 5.02 Å². The second-order valence-corrected chi connectivity index (χ2v) is 7.48. The maximum Gasteiger partial charge on any atom is 0.276 e. The van der Waals surface area contributed by atoms with Crippen LogP contribution in [0.4, 0.5) is 5.69 Å². The Morgan fingerprint density at radius 1 is 1.46 bits per heavy atom. The molecular weight excluding hydrogens is 356 g/mol. The van der Waals surface area contributed by atoms with Crippen LogP contribution in [-0.2, 0) is 5.66 Å². The normalized spacial score (nSPS) is 23.1. The Labute approximate surface area is 155 Å². The van der Waals surface area contributed by atoms with Gasteiger partial charge in [0.2, 0.25) is 0 Å². The van der Waals surface area contributed by atoms with E-state index in [4.69, 9.17) is 17.0 Å².